The third kappa shape index (κ3) is 3.30. The Morgan fingerprint density at radius 1 is 1.33 bits per heavy atom. The lowest BCUT2D eigenvalue weighted by Gasteiger charge is -2.10. The summed E-state index contributed by atoms with van der Waals surface area (Å²) in [5, 5.41) is 11.6. The number of benzene rings is 1. The van der Waals surface area contributed by atoms with Gasteiger partial charge < -0.3 is 4.74 Å². The first-order valence-electron chi connectivity index (χ1n) is 7.30. The monoisotopic (exact) mass is 342 g/mol. The number of aromatic nitrogens is 3. The second kappa shape index (κ2) is 6.84. The molecule has 3 aromatic rings. The van der Waals surface area contributed by atoms with Crippen LogP contribution < -0.4 is 4.73 Å². The van der Waals surface area contributed by atoms with Crippen LogP contribution in [0.1, 0.15) is 29.1 Å². The SMILES string of the molecule is CSc1ncc2cc([C@@H](C)OC(=O)c3ccccc3)[n+](O)cc2n1. The second-order valence-corrected chi connectivity index (χ2v) is 5.93. The minimum Gasteiger partial charge on any atom is -0.448 e. The molecule has 1 N–H and O–H groups in total. The molecular weight excluding hydrogens is 326 g/mol. The maximum Gasteiger partial charge on any atom is 0.338 e. The number of carbonyl (C=O) groups excluding carboxylic acids is 1. The molecule has 0 spiro atoms. The molecule has 2 heterocycles. The van der Waals surface area contributed by atoms with Crippen molar-refractivity contribution in [2.75, 3.05) is 6.26 Å². The summed E-state index contributed by atoms with van der Waals surface area (Å²) >= 11 is 1.42. The van der Waals surface area contributed by atoms with Crippen LogP contribution in [0.25, 0.3) is 10.9 Å². The van der Waals surface area contributed by atoms with E-state index in [1.807, 2.05) is 12.3 Å². The van der Waals surface area contributed by atoms with Crippen molar-refractivity contribution in [3.63, 3.8) is 0 Å². The van der Waals surface area contributed by atoms with E-state index < -0.39 is 12.1 Å². The predicted molar refractivity (Wildman–Crippen MR) is 89.0 cm³/mol. The van der Waals surface area contributed by atoms with E-state index in [4.69, 9.17) is 4.74 Å². The van der Waals surface area contributed by atoms with Crippen LogP contribution in [0.5, 0.6) is 0 Å². The van der Waals surface area contributed by atoms with Crippen LogP contribution in [0.4, 0.5) is 0 Å². The Balaban J connectivity index is 1.88. The summed E-state index contributed by atoms with van der Waals surface area (Å²) in [5.41, 5.74) is 1.51. The zero-order valence-corrected chi connectivity index (χ0v) is 14.0. The van der Waals surface area contributed by atoms with Gasteiger partial charge in [-0.05, 0) is 25.3 Å². The number of pyridine rings is 1. The Kier molecular flexibility index (Phi) is 4.61. The number of esters is 1. The molecule has 2 aromatic heterocycles. The van der Waals surface area contributed by atoms with E-state index in [9.17, 15) is 10.0 Å². The van der Waals surface area contributed by atoms with Crippen LogP contribution in [0.3, 0.4) is 0 Å². The van der Waals surface area contributed by atoms with E-state index in [0.29, 0.717) is 21.9 Å². The lowest BCUT2D eigenvalue weighted by Crippen LogP contribution is -2.37. The molecule has 7 heteroatoms. The van der Waals surface area contributed by atoms with Crippen molar-refractivity contribution >= 4 is 28.6 Å². The molecular formula is C17H16N3O3S+. The molecule has 0 aliphatic heterocycles. The maximum atomic E-state index is 12.1. The van der Waals surface area contributed by atoms with Crippen molar-refractivity contribution in [1.82, 2.24) is 9.97 Å². The van der Waals surface area contributed by atoms with Gasteiger partial charge in [-0.1, -0.05) is 30.0 Å². The highest BCUT2D eigenvalue weighted by atomic mass is 32.2. The van der Waals surface area contributed by atoms with Gasteiger partial charge in [0.15, 0.2) is 11.3 Å². The number of ether oxygens (including phenoxy) is 1. The molecule has 1 atom stereocenters. The average molecular weight is 342 g/mol. The summed E-state index contributed by atoms with van der Waals surface area (Å²) in [5.74, 6) is -0.447. The summed E-state index contributed by atoms with van der Waals surface area (Å²) < 4.78 is 6.37. The Morgan fingerprint density at radius 3 is 2.79 bits per heavy atom. The van der Waals surface area contributed by atoms with Crippen LogP contribution >= 0.6 is 11.8 Å². The average Bonchev–Trinajstić information content (AvgIpc) is 2.61. The summed E-state index contributed by atoms with van der Waals surface area (Å²) in [6.45, 7) is 1.70. The van der Waals surface area contributed by atoms with Gasteiger partial charge in [-0.2, -0.15) is 0 Å². The van der Waals surface area contributed by atoms with Gasteiger partial charge >= 0.3 is 5.97 Å². The van der Waals surface area contributed by atoms with E-state index >= 15 is 0 Å². The smallest absolute Gasteiger partial charge is 0.338 e. The number of hydrogen-bond donors (Lipinski definition) is 1. The van der Waals surface area contributed by atoms with Gasteiger partial charge in [-0.3, -0.25) is 5.21 Å². The van der Waals surface area contributed by atoms with Gasteiger partial charge in [0.1, 0.15) is 5.52 Å². The van der Waals surface area contributed by atoms with E-state index in [0.717, 1.165) is 10.1 Å². The van der Waals surface area contributed by atoms with E-state index in [2.05, 4.69) is 9.97 Å². The first kappa shape index (κ1) is 16.2. The highest BCUT2D eigenvalue weighted by Gasteiger charge is 2.24. The van der Waals surface area contributed by atoms with Gasteiger partial charge in [-0.25, -0.2) is 14.8 Å². The summed E-state index contributed by atoms with van der Waals surface area (Å²) in [6.07, 6.45) is 4.42. The lowest BCUT2D eigenvalue weighted by atomic mass is 10.2. The number of thioether (sulfide) groups is 1. The van der Waals surface area contributed by atoms with Crippen molar-refractivity contribution in [1.29, 1.82) is 0 Å². The molecule has 6 nitrogen and oxygen atoms in total. The fourth-order valence-corrected chi connectivity index (χ4v) is 2.63. The number of fused-ring (bicyclic) bond motifs is 1. The van der Waals surface area contributed by atoms with Gasteiger partial charge in [0, 0.05) is 22.4 Å². The fraction of sp³-hybridized carbons (Fsp3) is 0.176. The molecule has 1 aromatic carbocycles. The molecule has 24 heavy (non-hydrogen) atoms. The van der Waals surface area contributed by atoms with Gasteiger partial charge in [0.25, 0.3) is 5.69 Å². The molecule has 3 rings (SSSR count). The Hall–Kier alpha value is -2.67. The Labute approximate surface area is 143 Å². The molecule has 122 valence electrons. The Bertz CT molecular complexity index is 887. The highest BCUT2D eigenvalue weighted by molar-refractivity contribution is 7.98. The summed E-state index contributed by atoms with van der Waals surface area (Å²) in [4.78, 5) is 20.7. The molecule has 0 saturated heterocycles. The molecule has 0 fully saturated rings. The van der Waals surface area contributed by atoms with Gasteiger partial charge in [0.2, 0.25) is 6.20 Å². The highest BCUT2D eigenvalue weighted by Crippen LogP contribution is 2.20. The van der Waals surface area contributed by atoms with E-state index in [1.165, 1.54) is 18.0 Å². The number of nitrogens with zero attached hydrogens (tertiary/aromatic N) is 3. The number of carbonyl (C=O) groups is 1. The minimum absolute atomic E-state index is 0.437. The van der Waals surface area contributed by atoms with Crippen LogP contribution in [0.15, 0.2) is 53.9 Å². The Morgan fingerprint density at radius 2 is 2.08 bits per heavy atom. The normalized spacial score (nSPS) is 12.1. The topological polar surface area (TPSA) is 76.2 Å². The zero-order chi connectivity index (χ0) is 17.1. The van der Waals surface area contributed by atoms with Gasteiger partial charge in [-0.15, -0.1) is 0 Å². The summed E-state index contributed by atoms with van der Waals surface area (Å²) in [7, 11) is 0. The molecule has 0 bridgehead atoms. The number of hydrogen-bond acceptors (Lipinski definition) is 6. The quantitative estimate of drug-likeness (QED) is 0.258. The first-order chi connectivity index (χ1) is 11.6. The fourth-order valence-electron chi connectivity index (χ4n) is 2.28. The molecule has 0 radical (unpaired) electrons. The largest absolute Gasteiger partial charge is 0.448 e. The van der Waals surface area contributed by atoms with Crippen molar-refractivity contribution in [3.05, 3.63) is 60.0 Å². The van der Waals surface area contributed by atoms with Crippen LogP contribution in [0, 0.1) is 0 Å². The maximum absolute atomic E-state index is 12.1. The van der Waals surface area contributed by atoms with E-state index in [1.54, 1.807) is 43.5 Å². The minimum atomic E-state index is -0.632. The third-order valence-corrected chi connectivity index (χ3v) is 4.09. The van der Waals surface area contributed by atoms with Crippen LogP contribution in [-0.4, -0.2) is 27.4 Å². The van der Waals surface area contributed by atoms with Crippen molar-refractivity contribution < 1.29 is 19.5 Å². The second-order valence-electron chi connectivity index (χ2n) is 5.15. The van der Waals surface area contributed by atoms with Crippen molar-refractivity contribution in [3.8, 4) is 0 Å². The molecule has 0 aliphatic carbocycles. The van der Waals surface area contributed by atoms with Gasteiger partial charge in [0.05, 0.1) is 5.56 Å². The van der Waals surface area contributed by atoms with E-state index in [-0.39, 0.29) is 0 Å². The van der Waals surface area contributed by atoms with Crippen LogP contribution in [-0.2, 0) is 4.74 Å². The standard InChI is InChI=1S/C17H16N3O3S/c1-11(23-16(21)12-6-4-3-5-7-12)15-8-13-9-18-17(24-2)19-14(13)10-20(15)22/h3-11,22H,1-2H3/q+1/t11-/m1/s1. The first-order valence-corrected chi connectivity index (χ1v) is 8.52. The third-order valence-electron chi connectivity index (χ3n) is 3.53. The zero-order valence-electron chi connectivity index (χ0n) is 13.2. The number of rotatable bonds is 4. The molecule has 0 saturated carbocycles. The molecule has 0 amide bonds. The van der Waals surface area contributed by atoms with Crippen molar-refractivity contribution in [2.45, 2.75) is 18.2 Å². The van der Waals surface area contributed by atoms with Crippen LogP contribution in [0.2, 0.25) is 0 Å². The predicted octanol–water partition coefficient (Wildman–Crippen LogP) is 2.79. The lowest BCUT2D eigenvalue weighted by molar-refractivity contribution is -0.910. The summed E-state index contributed by atoms with van der Waals surface area (Å²) in [6, 6.07) is 10.4. The van der Waals surface area contributed by atoms with Crippen molar-refractivity contribution in [2.24, 2.45) is 0 Å². The molecule has 0 unspecified atom stereocenters. The molecule has 0 aliphatic rings.